The summed E-state index contributed by atoms with van der Waals surface area (Å²) in [5.74, 6) is -0.270. The number of hydrogen-bond acceptors (Lipinski definition) is 4. The quantitative estimate of drug-likeness (QED) is 0.904. The second kappa shape index (κ2) is 5.35. The van der Waals surface area contributed by atoms with Crippen LogP contribution in [0.5, 0.6) is 0 Å². The van der Waals surface area contributed by atoms with Gasteiger partial charge < -0.3 is 9.52 Å². The lowest BCUT2D eigenvalue weighted by molar-refractivity contribution is 0.0554. The van der Waals surface area contributed by atoms with Gasteiger partial charge in [0.15, 0.2) is 0 Å². The highest BCUT2D eigenvalue weighted by Crippen LogP contribution is 2.20. The van der Waals surface area contributed by atoms with E-state index in [0.717, 1.165) is 25.2 Å². The lowest BCUT2D eigenvalue weighted by atomic mass is 10.1. The summed E-state index contributed by atoms with van der Waals surface area (Å²) >= 11 is 0. The van der Waals surface area contributed by atoms with E-state index in [2.05, 4.69) is 30.7 Å². The molecule has 19 heavy (non-hydrogen) atoms. The van der Waals surface area contributed by atoms with E-state index in [9.17, 15) is 4.79 Å². The first kappa shape index (κ1) is 14.1. The van der Waals surface area contributed by atoms with Crippen LogP contribution in [0.15, 0.2) is 10.5 Å². The molecule has 0 spiro atoms. The lowest BCUT2D eigenvalue weighted by Gasteiger charge is -2.42. The van der Waals surface area contributed by atoms with Gasteiger partial charge >= 0.3 is 5.97 Å². The van der Waals surface area contributed by atoms with Crippen LogP contribution in [0, 0.1) is 6.92 Å². The number of rotatable bonds is 3. The molecule has 1 aliphatic rings. The van der Waals surface area contributed by atoms with Gasteiger partial charge in [0.1, 0.15) is 5.76 Å². The van der Waals surface area contributed by atoms with Crippen LogP contribution in [0.2, 0.25) is 0 Å². The summed E-state index contributed by atoms with van der Waals surface area (Å²) in [5, 5.41) is 8.93. The summed E-state index contributed by atoms with van der Waals surface area (Å²) in [6, 6.07) is 2.66. The van der Waals surface area contributed by atoms with E-state index in [1.165, 1.54) is 0 Å². The summed E-state index contributed by atoms with van der Waals surface area (Å²) in [4.78, 5) is 15.6. The topological polar surface area (TPSA) is 56.9 Å². The number of hydrogen-bond donors (Lipinski definition) is 1. The second-order valence-electron chi connectivity index (χ2n) is 5.55. The number of likely N-dealkylation sites (N-methyl/N-ethyl adjacent to an activating group) is 1. The van der Waals surface area contributed by atoms with Crippen molar-refractivity contribution in [2.45, 2.75) is 39.4 Å². The SMILES string of the molecule is Cc1oc(C(=O)O)cc1CN1CC(C)N(C)C(C)C1. The third-order valence-electron chi connectivity index (χ3n) is 4.06. The van der Waals surface area contributed by atoms with Crippen LogP contribution in [-0.4, -0.2) is 53.1 Å². The largest absolute Gasteiger partial charge is 0.475 e. The summed E-state index contributed by atoms with van der Waals surface area (Å²) in [5.41, 5.74) is 0.973. The molecule has 0 aromatic carbocycles. The molecule has 1 aromatic rings. The summed E-state index contributed by atoms with van der Waals surface area (Å²) in [6.45, 7) is 9.00. The van der Waals surface area contributed by atoms with Crippen molar-refractivity contribution in [3.8, 4) is 0 Å². The molecule has 5 nitrogen and oxygen atoms in total. The Kier molecular flexibility index (Phi) is 3.96. The smallest absolute Gasteiger partial charge is 0.371 e. The van der Waals surface area contributed by atoms with Crippen molar-refractivity contribution < 1.29 is 14.3 Å². The molecule has 2 heterocycles. The molecule has 2 unspecified atom stereocenters. The fourth-order valence-corrected chi connectivity index (χ4v) is 2.67. The van der Waals surface area contributed by atoms with Crippen molar-refractivity contribution in [3.05, 3.63) is 23.2 Å². The fourth-order valence-electron chi connectivity index (χ4n) is 2.67. The van der Waals surface area contributed by atoms with Crippen molar-refractivity contribution in [3.63, 3.8) is 0 Å². The second-order valence-corrected chi connectivity index (χ2v) is 5.55. The van der Waals surface area contributed by atoms with E-state index in [0.29, 0.717) is 17.8 Å². The molecule has 0 bridgehead atoms. The molecule has 1 N–H and O–H groups in total. The molecule has 1 saturated heterocycles. The zero-order valence-corrected chi connectivity index (χ0v) is 12.0. The number of carbonyl (C=O) groups is 1. The molecule has 1 aliphatic heterocycles. The summed E-state index contributed by atoms with van der Waals surface area (Å²) in [7, 11) is 2.15. The van der Waals surface area contributed by atoms with E-state index in [1.54, 1.807) is 6.07 Å². The van der Waals surface area contributed by atoms with Gasteiger partial charge in [-0.15, -0.1) is 0 Å². The predicted molar refractivity (Wildman–Crippen MR) is 72.4 cm³/mol. The normalized spacial score (nSPS) is 25.7. The average molecular weight is 266 g/mol. The minimum absolute atomic E-state index is 0.0303. The summed E-state index contributed by atoms with van der Waals surface area (Å²) in [6.07, 6.45) is 0. The third kappa shape index (κ3) is 2.98. The maximum Gasteiger partial charge on any atom is 0.371 e. The molecule has 1 aromatic heterocycles. The van der Waals surface area contributed by atoms with Gasteiger partial charge in [0.05, 0.1) is 0 Å². The van der Waals surface area contributed by atoms with Crippen LogP contribution in [0.4, 0.5) is 0 Å². The van der Waals surface area contributed by atoms with Crippen LogP contribution >= 0.6 is 0 Å². The first-order valence-corrected chi connectivity index (χ1v) is 6.65. The van der Waals surface area contributed by atoms with Gasteiger partial charge in [-0.25, -0.2) is 4.79 Å². The van der Waals surface area contributed by atoms with Crippen LogP contribution in [0.3, 0.4) is 0 Å². The van der Waals surface area contributed by atoms with Gasteiger partial charge in [-0.1, -0.05) is 0 Å². The standard InChI is InChI=1S/C14H22N2O3/c1-9-6-16(7-10(2)15(9)4)8-12-5-13(14(17)18)19-11(12)3/h5,9-10H,6-8H2,1-4H3,(H,17,18). The van der Waals surface area contributed by atoms with Crippen molar-refractivity contribution in [1.29, 1.82) is 0 Å². The number of aromatic carboxylic acids is 1. The zero-order valence-electron chi connectivity index (χ0n) is 12.0. The third-order valence-corrected chi connectivity index (χ3v) is 4.06. The number of aryl methyl sites for hydroxylation is 1. The zero-order chi connectivity index (χ0) is 14.2. The van der Waals surface area contributed by atoms with Crippen LogP contribution in [-0.2, 0) is 6.54 Å². The van der Waals surface area contributed by atoms with Gasteiger partial charge in [0, 0.05) is 37.3 Å². The Labute approximate surface area is 113 Å². The Hall–Kier alpha value is -1.33. The molecule has 2 rings (SSSR count). The number of carboxylic acid groups (broad SMARTS) is 1. The number of nitrogens with zero attached hydrogens (tertiary/aromatic N) is 2. The Bertz CT molecular complexity index is 457. The first-order chi connectivity index (χ1) is 8.88. The van der Waals surface area contributed by atoms with E-state index < -0.39 is 5.97 Å². The molecule has 0 aliphatic carbocycles. The van der Waals surface area contributed by atoms with E-state index in [-0.39, 0.29) is 5.76 Å². The molecule has 0 saturated carbocycles. The Morgan fingerprint density at radius 2 is 2.00 bits per heavy atom. The van der Waals surface area contributed by atoms with Crippen molar-refractivity contribution in [2.24, 2.45) is 0 Å². The van der Waals surface area contributed by atoms with Gasteiger partial charge in [-0.2, -0.15) is 0 Å². The highest BCUT2D eigenvalue weighted by molar-refractivity contribution is 5.84. The highest BCUT2D eigenvalue weighted by atomic mass is 16.4. The molecular weight excluding hydrogens is 244 g/mol. The first-order valence-electron chi connectivity index (χ1n) is 6.65. The minimum Gasteiger partial charge on any atom is -0.475 e. The number of furan rings is 1. The molecule has 0 amide bonds. The molecular formula is C14H22N2O3. The lowest BCUT2D eigenvalue weighted by Crippen LogP contribution is -2.54. The number of carboxylic acids is 1. The Morgan fingerprint density at radius 1 is 1.42 bits per heavy atom. The van der Waals surface area contributed by atoms with Crippen LogP contribution in [0.1, 0.15) is 35.7 Å². The minimum atomic E-state index is -1.01. The van der Waals surface area contributed by atoms with Gasteiger partial charge in [0.25, 0.3) is 0 Å². The maximum atomic E-state index is 10.9. The highest BCUT2D eigenvalue weighted by Gasteiger charge is 2.27. The fraction of sp³-hybridized carbons (Fsp3) is 0.643. The van der Waals surface area contributed by atoms with Crippen molar-refractivity contribution in [2.75, 3.05) is 20.1 Å². The maximum absolute atomic E-state index is 10.9. The van der Waals surface area contributed by atoms with Crippen LogP contribution in [0.25, 0.3) is 0 Å². The van der Waals surface area contributed by atoms with Crippen molar-refractivity contribution in [1.82, 2.24) is 9.80 Å². The number of piperazine rings is 1. The van der Waals surface area contributed by atoms with Gasteiger partial charge in [-0.3, -0.25) is 9.80 Å². The molecule has 106 valence electrons. The van der Waals surface area contributed by atoms with Gasteiger partial charge in [-0.05, 0) is 33.9 Å². The van der Waals surface area contributed by atoms with Crippen molar-refractivity contribution >= 4 is 5.97 Å². The molecule has 1 fully saturated rings. The van der Waals surface area contributed by atoms with E-state index in [4.69, 9.17) is 9.52 Å². The Balaban J connectivity index is 2.07. The molecule has 2 atom stereocenters. The van der Waals surface area contributed by atoms with Crippen LogP contribution < -0.4 is 0 Å². The average Bonchev–Trinajstić information content (AvgIpc) is 2.68. The molecule has 5 heteroatoms. The summed E-state index contributed by atoms with van der Waals surface area (Å²) < 4.78 is 5.26. The molecule has 0 radical (unpaired) electrons. The Morgan fingerprint density at radius 3 is 2.47 bits per heavy atom. The monoisotopic (exact) mass is 266 g/mol. The predicted octanol–water partition coefficient (Wildman–Crippen LogP) is 1.81. The van der Waals surface area contributed by atoms with Gasteiger partial charge in [0.2, 0.25) is 5.76 Å². The van der Waals surface area contributed by atoms with E-state index in [1.807, 2.05) is 6.92 Å². The van der Waals surface area contributed by atoms with E-state index >= 15 is 0 Å².